The topological polar surface area (TPSA) is 121 Å². The van der Waals surface area contributed by atoms with Crippen molar-refractivity contribution < 1.29 is 45.9 Å². The largest absolute Gasteiger partial charge is 0.465 e. The maximum absolute atomic E-state index is 14.0. The summed E-state index contributed by atoms with van der Waals surface area (Å²) in [6, 6.07) is 0. The molecule has 0 saturated heterocycles. The summed E-state index contributed by atoms with van der Waals surface area (Å²) in [5.41, 5.74) is -3.07. The zero-order chi connectivity index (χ0) is 26.2. The number of aliphatic hydroxyl groups is 2. The molecule has 0 aliphatic heterocycles. The standard InChI is InChI=1S/C25H37F3O7S/c26-18(25(27,28)36(32,33)34)5-10-35-20(29)19-17-11-16-12-21(14-17,23(30)6-1-2-7-23)15-22(19,13-16)24(31)8-3-4-9-24/h16-19,30-31H,1-15H2,(H,32,33,34). The Morgan fingerprint density at radius 2 is 1.58 bits per heavy atom. The Balaban J connectivity index is 1.40. The first-order valence-electron chi connectivity index (χ1n) is 13.3. The second kappa shape index (κ2) is 8.55. The minimum atomic E-state index is -5.94. The van der Waals surface area contributed by atoms with Crippen molar-refractivity contribution in [3.8, 4) is 0 Å². The van der Waals surface area contributed by atoms with Gasteiger partial charge in [0, 0.05) is 17.3 Å². The van der Waals surface area contributed by atoms with Crippen LogP contribution in [0.5, 0.6) is 0 Å². The summed E-state index contributed by atoms with van der Waals surface area (Å²) in [7, 11) is -5.94. The molecule has 206 valence electrons. The summed E-state index contributed by atoms with van der Waals surface area (Å²) in [4.78, 5) is 13.5. The Hall–Kier alpha value is -0.910. The van der Waals surface area contributed by atoms with Gasteiger partial charge in [0.15, 0.2) is 6.17 Å². The van der Waals surface area contributed by atoms with Gasteiger partial charge in [-0.05, 0) is 69.6 Å². The fourth-order valence-electron chi connectivity index (χ4n) is 9.40. The number of carbonyl (C=O) groups excluding carboxylic acids is 1. The molecule has 3 N–H and O–H groups in total. The van der Waals surface area contributed by atoms with E-state index in [0.29, 0.717) is 32.1 Å². The molecule has 0 aromatic rings. The molecule has 6 aliphatic rings. The molecule has 6 atom stereocenters. The molecule has 4 bridgehead atoms. The van der Waals surface area contributed by atoms with Crippen LogP contribution in [-0.2, 0) is 19.6 Å². The van der Waals surface area contributed by atoms with Gasteiger partial charge in [0.05, 0.1) is 23.7 Å². The molecule has 0 radical (unpaired) electrons. The van der Waals surface area contributed by atoms with Crippen LogP contribution in [0.4, 0.5) is 13.2 Å². The fourth-order valence-corrected chi connectivity index (χ4v) is 9.84. The second-order valence-corrected chi connectivity index (χ2v) is 14.0. The van der Waals surface area contributed by atoms with Gasteiger partial charge in [-0.25, -0.2) is 4.39 Å². The normalized spacial score (nSPS) is 39.9. The maximum atomic E-state index is 14.0. The molecule has 6 aliphatic carbocycles. The van der Waals surface area contributed by atoms with Crippen molar-refractivity contribution in [2.24, 2.45) is 28.6 Å². The first-order valence-corrected chi connectivity index (χ1v) is 14.7. The van der Waals surface area contributed by atoms with Crippen molar-refractivity contribution >= 4 is 16.1 Å². The number of hydrogen-bond acceptors (Lipinski definition) is 6. The summed E-state index contributed by atoms with van der Waals surface area (Å²) in [5.74, 6) is -1.21. The number of alkyl halides is 3. The van der Waals surface area contributed by atoms with Crippen LogP contribution in [0, 0.1) is 28.6 Å². The van der Waals surface area contributed by atoms with E-state index in [1.807, 2.05) is 0 Å². The molecular formula is C25H37F3O7S. The monoisotopic (exact) mass is 538 g/mol. The molecule has 6 unspecified atom stereocenters. The SMILES string of the molecule is O=C(OCCC(F)C(F)(F)S(=O)(=O)O)C1C2CC3CC(C4(O)CCCC4)(C2)CC1(C1(O)CCCC1)C3. The van der Waals surface area contributed by atoms with Crippen molar-refractivity contribution in [1.29, 1.82) is 0 Å². The van der Waals surface area contributed by atoms with Gasteiger partial charge in [0.2, 0.25) is 0 Å². The lowest BCUT2D eigenvalue weighted by Gasteiger charge is -2.71. The number of ether oxygens (including phenoxy) is 1. The predicted octanol–water partition coefficient (Wildman–Crippen LogP) is 4.16. The fraction of sp³-hybridized carbons (Fsp3) is 0.960. The zero-order valence-electron chi connectivity index (χ0n) is 20.4. The van der Waals surface area contributed by atoms with Crippen LogP contribution < -0.4 is 0 Å². The molecule has 0 amide bonds. The molecule has 0 heterocycles. The molecule has 0 spiro atoms. The van der Waals surface area contributed by atoms with Crippen molar-refractivity contribution in [2.45, 2.75) is 113 Å². The van der Waals surface area contributed by atoms with E-state index in [-0.39, 0.29) is 17.3 Å². The minimum absolute atomic E-state index is 0.131. The van der Waals surface area contributed by atoms with Crippen LogP contribution in [-0.4, -0.2) is 58.4 Å². The van der Waals surface area contributed by atoms with Crippen LogP contribution in [0.2, 0.25) is 0 Å². The number of rotatable bonds is 8. The van der Waals surface area contributed by atoms with E-state index in [4.69, 9.17) is 9.29 Å². The quantitative estimate of drug-likeness (QED) is 0.313. The lowest BCUT2D eigenvalue weighted by atomic mass is 9.34. The zero-order valence-corrected chi connectivity index (χ0v) is 21.2. The van der Waals surface area contributed by atoms with E-state index < -0.39 is 63.1 Å². The Bertz CT molecular complexity index is 992. The van der Waals surface area contributed by atoms with E-state index in [1.165, 1.54) is 0 Å². The lowest BCUT2D eigenvalue weighted by Crippen LogP contribution is -2.70. The van der Waals surface area contributed by atoms with E-state index in [2.05, 4.69) is 0 Å². The summed E-state index contributed by atoms with van der Waals surface area (Å²) >= 11 is 0. The average molecular weight is 539 g/mol. The highest BCUT2D eigenvalue weighted by molar-refractivity contribution is 7.86. The number of hydrogen-bond donors (Lipinski definition) is 3. The molecule has 6 fully saturated rings. The molecule has 6 saturated carbocycles. The van der Waals surface area contributed by atoms with Gasteiger partial charge in [0.1, 0.15) is 0 Å². The van der Waals surface area contributed by atoms with Gasteiger partial charge >= 0.3 is 21.3 Å². The highest BCUT2D eigenvalue weighted by Crippen LogP contribution is 2.75. The van der Waals surface area contributed by atoms with Crippen molar-refractivity contribution in [3.05, 3.63) is 0 Å². The van der Waals surface area contributed by atoms with E-state index in [0.717, 1.165) is 51.4 Å². The Labute approximate surface area is 209 Å². The molecular weight excluding hydrogens is 501 g/mol. The summed E-state index contributed by atoms with van der Waals surface area (Å²) in [6.07, 6.45) is 5.26. The third kappa shape index (κ3) is 3.77. The molecule has 36 heavy (non-hydrogen) atoms. The van der Waals surface area contributed by atoms with Crippen LogP contribution in [0.15, 0.2) is 0 Å². The molecule has 0 aromatic carbocycles. The summed E-state index contributed by atoms with van der Waals surface area (Å²) in [5, 5.41) is 18.8. The average Bonchev–Trinajstić information content (AvgIpc) is 3.42. The first kappa shape index (κ1) is 26.7. The summed E-state index contributed by atoms with van der Waals surface area (Å²) < 4.78 is 76.6. The third-order valence-electron chi connectivity index (χ3n) is 10.7. The van der Waals surface area contributed by atoms with E-state index >= 15 is 0 Å². The predicted molar refractivity (Wildman–Crippen MR) is 122 cm³/mol. The van der Waals surface area contributed by atoms with Gasteiger partial charge in [-0.15, -0.1) is 0 Å². The van der Waals surface area contributed by atoms with E-state index in [9.17, 15) is 36.6 Å². The van der Waals surface area contributed by atoms with Crippen molar-refractivity contribution in [2.75, 3.05) is 6.61 Å². The van der Waals surface area contributed by atoms with Gasteiger partial charge in [-0.3, -0.25) is 9.35 Å². The molecule has 11 heteroatoms. The lowest BCUT2D eigenvalue weighted by molar-refractivity contribution is -0.276. The number of esters is 1. The van der Waals surface area contributed by atoms with Gasteiger partial charge in [-0.1, -0.05) is 25.7 Å². The van der Waals surface area contributed by atoms with Gasteiger partial charge < -0.3 is 14.9 Å². The Morgan fingerprint density at radius 3 is 2.17 bits per heavy atom. The highest BCUT2D eigenvalue weighted by atomic mass is 32.2. The van der Waals surface area contributed by atoms with Crippen LogP contribution >= 0.6 is 0 Å². The second-order valence-electron chi connectivity index (χ2n) is 12.5. The van der Waals surface area contributed by atoms with Crippen LogP contribution in [0.25, 0.3) is 0 Å². The van der Waals surface area contributed by atoms with Crippen molar-refractivity contribution in [1.82, 2.24) is 0 Å². The molecule has 6 rings (SSSR count). The molecule has 7 nitrogen and oxygen atoms in total. The number of halogens is 3. The van der Waals surface area contributed by atoms with Crippen molar-refractivity contribution in [3.63, 3.8) is 0 Å². The third-order valence-corrected chi connectivity index (χ3v) is 11.6. The first-order chi connectivity index (χ1) is 16.7. The highest BCUT2D eigenvalue weighted by Gasteiger charge is 2.74. The van der Waals surface area contributed by atoms with Crippen LogP contribution in [0.1, 0.15) is 89.9 Å². The van der Waals surface area contributed by atoms with Gasteiger partial charge in [0.25, 0.3) is 0 Å². The summed E-state index contributed by atoms with van der Waals surface area (Å²) in [6.45, 7) is -0.763. The maximum Gasteiger partial charge on any atom is 0.400 e. The van der Waals surface area contributed by atoms with Crippen LogP contribution in [0.3, 0.4) is 0 Å². The Kier molecular flexibility index (Phi) is 6.34. The molecule has 0 aromatic heterocycles. The van der Waals surface area contributed by atoms with Gasteiger partial charge in [-0.2, -0.15) is 17.2 Å². The smallest absolute Gasteiger partial charge is 0.400 e. The number of carbonyl (C=O) groups is 1. The van der Waals surface area contributed by atoms with E-state index in [1.54, 1.807) is 0 Å². The minimum Gasteiger partial charge on any atom is -0.465 e. The Morgan fingerprint density at radius 1 is 1.00 bits per heavy atom.